The lowest BCUT2D eigenvalue weighted by molar-refractivity contribution is -0.117. The monoisotopic (exact) mass is 424 g/mol. The van der Waals surface area contributed by atoms with Crippen LogP contribution < -0.4 is 10.1 Å². The van der Waals surface area contributed by atoms with Crippen molar-refractivity contribution in [2.75, 3.05) is 12.4 Å². The zero-order chi connectivity index (χ0) is 19.4. The van der Waals surface area contributed by atoms with Gasteiger partial charge in [0.25, 0.3) is 0 Å². The minimum Gasteiger partial charge on any atom is -0.496 e. The molecule has 4 nitrogen and oxygen atoms in total. The SMILES string of the molecule is COc1cc(NC(=O)C(C)c2cccc(Br)c2)ccc1-c1ccnc(C)c1. The van der Waals surface area contributed by atoms with Gasteiger partial charge in [0.15, 0.2) is 0 Å². The van der Waals surface area contributed by atoms with Gasteiger partial charge in [-0.25, -0.2) is 0 Å². The van der Waals surface area contributed by atoms with Crippen molar-refractivity contribution in [2.45, 2.75) is 19.8 Å². The van der Waals surface area contributed by atoms with Crippen LogP contribution in [0.4, 0.5) is 5.69 Å². The first kappa shape index (κ1) is 19.1. The van der Waals surface area contributed by atoms with Crippen LogP contribution in [-0.4, -0.2) is 18.0 Å². The van der Waals surface area contributed by atoms with Gasteiger partial charge in [-0.05, 0) is 61.4 Å². The molecule has 0 fully saturated rings. The molecule has 1 unspecified atom stereocenters. The Morgan fingerprint density at radius 1 is 1.15 bits per heavy atom. The summed E-state index contributed by atoms with van der Waals surface area (Å²) >= 11 is 3.45. The summed E-state index contributed by atoms with van der Waals surface area (Å²) in [5, 5.41) is 2.98. The summed E-state index contributed by atoms with van der Waals surface area (Å²) in [5.74, 6) is 0.368. The van der Waals surface area contributed by atoms with Gasteiger partial charge in [0.2, 0.25) is 5.91 Å². The van der Waals surface area contributed by atoms with E-state index in [0.29, 0.717) is 11.4 Å². The Morgan fingerprint density at radius 3 is 2.67 bits per heavy atom. The molecule has 0 saturated carbocycles. The Hall–Kier alpha value is -2.66. The smallest absolute Gasteiger partial charge is 0.231 e. The molecule has 0 saturated heterocycles. The number of aromatic nitrogens is 1. The topological polar surface area (TPSA) is 51.2 Å². The predicted octanol–water partition coefficient (Wildman–Crippen LogP) is 5.57. The second-order valence-electron chi connectivity index (χ2n) is 6.37. The van der Waals surface area contributed by atoms with E-state index in [1.54, 1.807) is 13.3 Å². The lowest BCUT2D eigenvalue weighted by Crippen LogP contribution is -2.18. The largest absolute Gasteiger partial charge is 0.496 e. The van der Waals surface area contributed by atoms with Crippen molar-refractivity contribution < 1.29 is 9.53 Å². The van der Waals surface area contributed by atoms with Gasteiger partial charge < -0.3 is 10.1 Å². The summed E-state index contributed by atoms with van der Waals surface area (Å²) in [7, 11) is 1.63. The van der Waals surface area contributed by atoms with Gasteiger partial charge in [0.1, 0.15) is 5.75 Å². The molecule has 3 aromatic rings. The van der Waals surface area contributed by atoms with E-state index < -0.39 is 0 Å². The highest BCUT2D eigenvalue weighted by atomic mass is 79.9. The molecular weight excluding hydrogens is 404 g/mol. The Kier molecular flexibility index (Phi) is 5.91. The van der Waals surface area contributed by atoms with Crippen LogP contribution in [0, 0.1) is 6.92 Å². The van der Waals surface area contributed by atoms with Crippen LogP contribution in [0.1, 0.15) is 24.1 Å². The second-order valence-corrected chi connectivity index (χ2v) is 7.28. The molecule has 0 aliphatic carbocycles. The number of benzene rings is 2. The molecule has 0 radical (unpaired) electrons. The molecule has 1 heterocycles. The number of pyridine rings is 1. The average Bonchev–Trinajstić information content (AvgIpc) is 2.67. The zero-order valence-corrected chi connectivity index (χ0v) is 17.1. The standard InChI is InChI=1S/C22H21BrN2O2/c1-14-11-17(9-10-24-14)20-8-7-19(13-21(20)27-3)25-22(26)15(2)16-5-4-6-18(23)12-16/h4-13,15H,1-3H3,(H,25,26). The molecule has 27 heavy (non-hydrogen) atoms. The van der Waals surface area contributed by atoms with E-state index >= 15 is 0 Å². The molecule has 1 N–H and O–H groups in total. The average molecular weight is 425 g/mol. The zero-order valence-electron chi connectivity index (χ0n) is 15.5. The summed E-state index contributed by atoms with van der Waals surface area (Å²) in [5.41, 5.74) is 4.58. The third kappa shape index (κ3) is 4.55. The van der Waals surface area contributed by atoms with Crippen LogP contribution in [0.25, 0.3) is 11.1 Å². The molecule has 2 aromatic carbocycles. The van der Waals surface area contributed by atoms with Crippen molar-refractivity contribution in [3.05, 3.63) is 76.5 Å². The number of rotatable bonds is 5. The minimum atomic E-state index is -0.268. The quantitative estimate of drug-likeness (QED) is 0.582. The molecule has 0 aliphatic heterocycles. The van der Waals surface area contributed by atoms with Crippen LogP contribution in [0.3, 0.4) is 0 Å². The van der Waals surface area contributed by atoms with E-state index in [2.05, 4.69) is 26.2 Å². The van der Waals surface area contributed by atoms with Gasteiger partial charge in [0, 0.05) is 33.7 Å². The number of nitrogens with one attached hydrogen (secondary N) is 1. The molecule has 1 amide bonds. The summed E-state index contributed by atoms with van der Waals surface area (Å²) in [6.07, 6.45) is 1.78. The highest BCUT2D eigenvalue weighted by Gasteiger charge is 2.16. The first-order chi connectivity index (χ1) is 13.0. The Bertz CT molecular complexity index is 972. The third-order valence-corrected chi connectivity index (χ3v) is 4.91. The summed E-state index contributed by atoms with van der Waals surface area (Å²) < 4.78 is 6.50. The number of halogens is 1. The fourth-order valence-electron chi connectivity index (χ4n) is 2.90. The van der Waals surface area contributed by atoms with Gasteiger partial charge in [-0.2, -0.15) is 0 Å². The molecule has 1 atom stereocenters. The normalized spacial score (nSPS) is 11.7. The number of hydrogen-bond donors (Lipinski definition) is 1. The number of nitrogens with zero attached hydrogens (tertiary/aromatic N) is 1. The van der Waals surface area contributed by atoms with Gasteiger partial charge in [-0.3, -0.25) is 9.78 Å². The Balaban J connectivity index is 1.82. The van der Waals surface area contributed by atoms with Crippen molar-refractivity contribution in [1.82, 2.24) is 4.98 Å². The van der Waals surface area contributed by atoms with E-state index in [1.807, 2.05) is 68.4 Å². The molecular formula is C22H21BrN2O2. The van der Waals surface area contributed by atoms with E-state index in [9.17, 15) is 4.79 Å². The number of anilines is 1. The maximum absolute atomic E-state index is 12.6. The van der Waals surface area contributed by atoms with Crippen molar-refractivity contribution in [1.29, 1.82) is 0 Å². The van der Waals surface area contributed by atoms with Crippen LogP contribution in [0.2, 0.25) is 0 Å². The van der Waals surface area contributed by atoms with E-state index in [0.717, 1.165) is 26.9 Å². The van der Waals surface area contributed by atoms with E-state index in [-0.39, 0.29) is 11.8 Å². The van der Waals surface area contributed by atoms with Crippen LogP contribution in [-0.2, 0) is 4.79 Å². The fraction of sp³-hybridized carbons (Fsp3) is 0.182. The maximum Gasteiger partial charge on any atom is 0.231 e. The van der Waals surface area contributed by atoms with Crippen molar-refractivity contribution in [3.8, 4) is 16.9 Å². The molecule has 5 heteroatoms. The summed E-state index contributed by atoms with van der Waals surface area (Å²) in [6, 6.07) is 17.4. The Labute approximate surface area is 167 Å². The number of carbonyl (C=O) groups excluding carboxylic acids is 1. The fourth-order valence-corrected chi connectivity index (χ4v) is 3.32. The first-order valence-corrected chi connectivity index (χ1v) is 9.44. The number of amides is 1. The Morgan fingerprint density at radius 2 is 1.96 bits per heavy atom. The van der Waals surface area contributed by atoms with Gasteiger partial charge in [-0.1, -0.05) is 28.1 Å². The number of carbonyl (C=O) groups is 1. The lowest BCUT2D eigenvalue weighted by Gasteiger charge is -2.15. The van der Waals surface area contributed by atoms with Crippen molar-refractivity contribution >= 4 is 27.5 Å². The molecule has 0 spiro atoms. The molecule has 0 bridgehead atoms. The highest BCUT2D eigenvalue weighted by Crippen LogP contribution is 2.33. The second kappa shape index (κ2) is 8.35. The van der Waals surface area contributed by atoms with E-state index in [4.69, 9.17) is 4.74 Å². The summed E-state index contributed by atoms with van der Waals surface area (Å²) in [4.78, 5) is 16.9. The predicted molar refractivity (Wildman–Crippen MR) is 112 cm³/mol. The van der Waals surface area contributed by atoms with Crippen LogP contribution in [0.15, 0.2) is 65.3 Å². The number of hydrogen-bond acceptors (Lipinski definition) is 3. The summed E-state index contributed by atoms with van der Waals surface area (Å²) in [6.45, 7) is 3.84. The number of aryl methyl sites for hydroxylation is 1. The van der Waals surface area contributed by atoms with Crippen molar-refractivity contribution in [2.24, 2.45) is 0 Å². The van der Waals surface area contributed by atoms with Gasteiger partial charge >= 0.3 is 0 Å². The number of methoxy groups -OCH3 is 1. The molecule has 3 rings (SSSR count). The maximum atomic E-state index is 12.6. The van der Waals surface area contributed by atoms with Gasteiger partial charge in [-0.15, -0.1) is 0 Å². The van der Waals surface area contributed by atoms with Crippen LogP contribution in [0.5, 0.6) is 5.75 Å². The van der Waals surface area contributed by atoms with E-state index in [1.165, 1.54) is 0 Å². The molecule has 138 valence electrons. The number of ether oxygens (including phenoxy) is 1. The first-order valence-electron chi connectivity index (χ1n) is 8.65. The lowest BCUT2D eigenvalue weighted by atomic mass is 10.00. The molecule has 1 aromatic heterocycles. The minimum absolute atomic E-state index is 0.0670. The van der Waals surface area contributed by atoms with Crippen molar-refractivity contribution in [3.63, 3.8) is 0 Å². The highest BCUT2D eigenvalue weighted by molar-refractivity contribution is 9.10. The third-order valence-electron chi connectivity index (χ3n) is 4.42. The van der Waals surface area contributed by atoms with Gasteiger partial charge in [0.05, 0.1) is 13.0 Å². The van der Waals surface area contributed by atoms with Crippen LogP contribution >= 0.6 is 15.9 Å². The molecule has 0 aliphatic rings.